The van der Waals surface area contributed by atoms with Gasteiger partial charge in [-0.3, -0.25) is 9.69 Å². The largest absolute Gasteiger partial charge is 0.461 e. The number of urea groups is 1. The van der Waals surface area contributed by atoms with Gasteiger partial charge in [0, 0.05) is 0 Å². The van der Waals surface area contributed by atoms with Gasteiger partial charge in [0.2, 0.25) is 11.7 Å². The van der Waals surface area contributed by atoms with Gasteiger partial charge in [-0.25, -0.2) is 4.79 Å². The Labute approximate surface area is 167 Å². The van der Waals surface area contributed by atoms with Gasteiger partial charge in [0.15, 0.2) is 5.76 Å². The highest BCUT2D eigenvalue weighted by Crippen LogP contribution is 2.32. The lowest BCUT2D eigenvalue weighted by Gasteiger charge is -2.24. The number of aromatic nitrogens is 2. The fourth-order valence-corrected chi connectivity index (χ4v) is 3.30. The number of nitrogens with one attached hydrogen (secondary N) is 1. The monoisotopic (exact) mass is 394 g/mol. The maximum absolute atomic E-state index is 13.1. The van der Waals surface area contributed by atoms with Gasteiger partial charge in [0.05, 0.1) is 6.26 Å². The Hall–Kier alpha value is -3.42. The van der Waals surface area contributed by atoms with Crippen LogP contribution in [-0.2, 0) is 22.3 Å². The number of nitrogens with zero attached hydrogens (tertiary/aromatic N) is 3. The van der Waals surface area contributed by atoms with Crippen LogP contribution in [0.3, 0.4) is 0 Å². The van der Waals surface area contributed by atoms with Crippen molar-refractivity contribution in [2.45, 2.75) is 45.2 Å². The molecule has 1 aromatic carbocycles. The molecule has 0 radical (unpaired) electrons. The van der Waals surface area contributed by atoms with E-state index in [-0.39, 0.29) is 29.6 Å². The van der Waals surface area contributed by atoms with E-state index >= 15 is 0 Å². The third kappa shape index (κ3) is 3.30. The highest BCUT2D eigenvalue weighted by Gasteiger charge is 2.49. The van der Waals surface area contributed by atoms with E-state index in [1.165, 1.54) is 6.26 Å². The second-order valence-electron chi connectivity index (χ2n) is 8.26. The second-order valence-corrected chi connectivity index (χ2v) is 8.26. The first kappa shape index (κ1) is 18.9. The number of amides is 3. The van der Waals surface area contributed by atoms with Gasteiger partial charge < -0.3 is 14.3 Å². The molecule has 29 heavy (non-hydrogen) atoms. The number of carbonyl (C=O) groups is 2. The zero-order valence-electron chi connectivity index (χ0n) is 16.7. The van der Waals surface area contributed by atoms with Crippen LogP contribution in [0.4, 0.5) is 4.79 Å². The summed E-state index contributed by atoms with van der Waals surface area (Å²) in [5, 5.41) is 6.62. The van der Waals surface area contributed by atoms with Crippen LogP contribution < -0.4 is 5.32 Å². The standard InChI is InChI=1S/C21H22N4O4/c1-20(2,3)13-7-9-14(10-8-13)21(4)18(26)25(19(27)23-21)12-16-22-17(24-29-16)15-6-5-11-28-15/h5-11H,12H2,1-4H3,(H,23,27)/t21-/m1/s1. The molecule has 8 heteroatoms. The molecule has 1 N–H and O–H groups in total. The van der Waals surface area contributed by atoms with Crippen molar-refractivity contribution in [2.75, 3.05) is 0 Å². The summed E-state index contributed by atoms with van der Waals surface area (Å²) in [6.45, 7) is 7.94. The summed E-state index contributed by atoms with van der Waals surface area (Å²) in [5.41, 5.74) is 0.707. The van der Waals surface area contributed by atoms with E-state index < -0.39 is 11.6 Å². The summed E-state index contributed by atoms with van der Waals surface area (Å²) in [6.07, 6.45) is 1.50. The first-order chi connectivity index (χ1) is 13.7. The van der Waals surface area contributed by atoms with Crippen LogP contribution in [0.5, 0.6) is 0 Å². The maximum atomic E-state index is 13.1. The molecule has 3 aromatic rings. The van der Waals surface area contributed by atoms with E-state index in [2.05, 4.69) is 36.2 Å². The molecule has 2 aromatic heterocycles. The number of rotatable bonds is 4. The number of hydrogen-bond acceptors (Lipinski definition) is 6. The quantitative estimate of drug-likeness (QED) is 0.679. The van der Waals surface area contributed by atoms with Crippen LogP contribution in [-0.4, -0.2) is 27.0 Å². The lowest BCUT2D eigenvalue weighted by molar-refractivity contribution is -0.131. The van der Waals surface area contributed by atoms with Crippen molar-refractivity contribution < 1.29 is 18.5 Å². The van der Waals surface area contributed by atoms with E-state index in [4.69, 9.17) is 8.94 Å². The van der Waals surface area contributed by atoms with Crippen molar-refractivity contribution in [1.82, 2.24) is 20.4 Å². The summed E-state index contributed by atoms with van der Waals surface area (Å²) in [6, 6.07) is 10.6. The van der Waals surface area contributed by atoms with Gasteiger partial charge in [-0.15, -0.1) is 0 Å². The number of hydrogen-bond donors (Lipinski definition) is 1. The van der Waals surface area contributed by atoms with Gasteiger partial charge >= 0.3 is 6.03 Å². The third-order valence-corrected chi connectivity index (χ3v) is 5.11. The van der Waals surface area contributed by atoms with Crippen molar-refractivity contribution in [3.63, 3.8) is 0 Å². The van der Waals surface area contributed by atoms with Crippen molar-refractivity contribution in [1.29, 1.82) is 0 Å². The van der Waals surface area contributed by atoms with E-state index in [0.717, 1.165) is 10.5 Å². The van der Waals surface area contributed by atoms with Crippen LogP contribution in [0.1, 0.15) is 44.7 Å². The highest BCUT2D eigenvalue weighted by atomic mass is 16.5. The fraction of sp³-hybridized carbons (Fsp3) is 0.333. The number of furan rings is 1. The molecule has 3 heterocycles. The smallest absolute Gasteiger partial charge is 0.325 e. The molecule has 1 aliphatic rings. The minimum atomic E-state index is -1.16. The van der Waals surface area contributed by atoms with Crippen LogP contribution in [0.2, 0.25) is 0 Å². The van der Waals surface area contributed by atoms with Gasteiger partial charge in [-0.05, 0) is 35.6 Å². The fourth-order valence-electron chi connectivity index (χ4n) is 3.30. The first-order valence-corrected chi connectivity index (χ1v) is 9.30. The first-order valence-electron chi connectivity index (χ1n) is 9.30. The molecule has 4 rings (SSSR count). The summed E-state index contributed by atoms with van der Waals surface area (Å²) in [5.74, 6) is 0.481. The average molecular weight is 394 g/mol. The molecule has 1 aliphatic heterocycles. The van der Waals surface area contributed by atoms with Gasteiger partial charge in [0.25, 0.3) is 5.91 Å². The molecule has 1 fully saturated rings. The van der Waals surface area contributed by atoms with Crippen LogP contribution >= 0.6 is 0 Å². The predicted molar refractivity (Wildman–Crippen MR) is 104 cm³/mol. The molecule has 1 saturated heterocycles. The number of imide groups is 1. The summed E-state index contributed by atoms with van der Waals surface area (Å²) in [4.78, 5) is 30.9. The number of carbonyl (C=O) groups excluding carboxylic acids is 2. The van der Waals surface area contributed by atoms with E-state index in [1.54, 1.807) is 19.1 Å². The van der Waals surface area contributed by atoms with Gasteiger partial charge in [-0.2, -0.15) is 4.98 Å². The molecular formula is C21H22N4O4. The van der Waals surface area contributed by atoms with Crippen molar-refractivity contribution in [3.05, 3.63) is 59.7 Å². The predicted octanol–water partition coefficient (Wildman–Crippen LogP) is 3.59. The van der Waals surface area contributed by atoms with Crippen LogP contribution in [0.15, 0.2) is 51.6 Å². The van der Waals surface area contributed by atoms with Gasteiger partial charge in [0.1, 0.15) is 12.1 Å². The van der Waals surface area contributed by atoms with Crippen molar-refractivity contribution in [2.24, 2.45) is 0 Å². The zero-order valence-corrected chi connectivity index (χ0v) is 16.7. The Morgan fingerprint density at radius 2 is 1.86 bits per heavy atom. The molecule has 0 bridgehead atoms. The molecule has 8 nitrogen and oxygen atoms in total. The Kier molecular flexibility index (Phi) is 4.29. The minimum absolute atomic E-state index is 0.00193. The molecule has 150 valence electrons. The van der Waals surface area contributed by atoms with E-state index in [9.17, 15) is 9.59 Å². The topological polar surface area (TPSA) is 101 Å². The highest BCUT2D eigenvalue weighted by molar-refractivity contribution is 6.07. The summed E-state index contributed by atoms with van der Waals surface area (Å²) < 4.78 is 10.4. The molecule has 0 aliphatic carbocycles. The lowest BCUT2D eigenvalue weighted by Crippen LogP contribution is -2.40. The normalized spacial score (nSPS) is 19.7. The molecule has 0 unspecified atom stereocenters. The summed E-state index contributed by atoms with van der Waals surface area (Å²) >= 11 is 0. The van der Waals surface area contributed by atoms with E-state index in [0.29, 0.717) is 11.3 Å². The van der Waals surface area contributed by atoms with Crippen molar-refractivity contribution in [3.8, 4) is 11.6 Å². The third-order valence-electron chi connectivity index (χ3n) is 5.11. The molecule has 3 amide bonds. The molecule has 1 atom stereocenters. The molecular weight excluding hydrogens is 372 g/mol. The van der Waals surface area contributed by atoms with Crippen LogP contribution in [0, 0.1) is 0 Å². The average Bonchev–Trinajstić information content (AvgIpc) is 3.39. The Morgan fingerprint density at radius 3 is 2.48 bits per heavy atom. The Morgan fingerprint density at radius 1 is 1.14 bits per heavy atom. The SMILES string of the molecule is CC(C)(C)c1ccc([C@@]2(C)NC(=O)N(Cc3nc(-c4ccco4)no3)C2=O)cc1. The minimum Gasteiger partial charge on any atom is -0.461 e. The van der Waals surface area contributed by atoms with E-state index in [1.807, 2.05) is 24.3 Å². The number of benzene rings is 1. The van der Waals surface area contributed by atoms with Crippen LogP contribution in [0.25, 0.3) is 11.6 Å². The molecule has 0 saturated carbocycles. The van der Waals surface area contributed by atoms with Crippen molar-refractivity contribution >= 4 is 11.9 Å². The zero-order chi connectivity index (χ0) is 20.8. The molecule has 0 spiro atoms. The second kappa shape index (κ2) is 6.58. The summed E-state index contributed by atoms with van der Waals surface area (Å²) in [7, 11) is 0. The Balaban J connectivity index is 1.55. The maximum Gasteiger partial charge on any atom is 0.325 e. The van der Waals surface area contributed by atoms with Gasteiger partial charge in [-0.1, -0.05) is 50.2 Å². The lowest BCUT2D eigenvalue weighted by atomic mass is 9.84. The Bertz CT molecular complexity index is 1050.